The molecule has 0 saturated heterocycles. The van der Waals surface area contributed by atoms with Crippen LogP contribution >= 0.6 is 0 Å². The quantitative estimate of drug-likeness (QED) is 0.629. The van der Waals surface area contributed by atoms with Gasteiger partial charge in [0.1, 0.15) is 0 Å². The van der Waals surface area contributed by atoms with Crippen molar-refractivity contribution in [2.75, 3.05) is 17.6 Å². The van der Waals surface area contributed by atoms with Crippen LogP contribution in [0.5, 0.6) is 0 Å². The first-order valence-corrected chi connectivity index (χ1v) is 6.00. The van der Waals surface area contributed by atoms with Gasteiger partial charge in [0.05, 0.1) is 0 Å². The summed E-state index contributed by atoms with van der Waals surface area (Å²) in [5, 5.41) is 7.00. The Bertz CT molecular complexity index is 592. The van der Waals surface area contributed by atoms with Crippen molar-refractivity contribution in [1.82, 2.24) is 10.1 Å². The van der Waals surface area contributed by atoms with E-state index in [-0.39, 0.29) is 5.78 Å². The average molecular weight is 260 g/mol. The molecule has 0 aliphatic rings. The summed E-state index contributed by atoms with van der Waals surface area (Å²) in [5.41, 5.74) is 7.69. The van der Waals surface area contributed by atoms with Crippen LogP contribution in [0.3, 0.4) is 0 Å². The van der Waals surface area contributed by atoms with E-state index >= 15 is 0 Å². The number of ketones is 1. The molecule has 0 amide bonds. The highest BCUT2D eigenvalue weighted by atomic mass is 16.5. The van der Waals surface area contributed by atoms with Gasteiger partial charge >= 0.3 is 0 Å². The molecule has 1 aromatic carbocycles. The molecular weight excluding hydrogens is 244 g/mol. The minimum atomic E-state index is -0.0358. The van der Waals surface area contributed by atoms with Gasteiger partial charge in [-0.05, 0) is 25.1 Å². The first kappa shape index (κ1) is 13.1. The predicted molar refractivity (Wildman–Crippen MR) is 72.1 cm³/mol. The molecule has 2 rings (SSSR count). The summed E-state index contributed by atoms with van der Waals surface area (Å²) in [4.78, 5) is 15.4. The van der Waals surface area contributed by atoms with Crippen LogP contribution in [0.15, 0.2) is 22.7 Å². The third kappa shape index (κ3) is 3.31. The van der Waals surface area contributed by atoms with E-state index in [2.05, 4.69) is 15.5 Å². The lowest BCUT2D eigenvalue weighted by Crippen LogP contribution is -2.07. The zero-order chi connectivity index (χ0) is 13.8. The molecule has 0 radical (unpaired) electrons. The summed E-state index contributed by atoms with van der Waals surface area (Å²) >= 11 is 0. The van der Waals surface area contributed by atoms with Gasteiger partial charge in [0.15, 0.2) is 11.6 Å². The fourth-order valence-electron chi connectivity index (χ4n) is 1.75. The standard InChI is InChI=1S/C13H16N4O2/c1-8(18)11-4-3-10(7-12(11)14)15-6-5-13-16-9(2)19-17-13/h3-4,7,15H,5-6,14H2,1-2H3. The Hall–Kier alpha value is -2.37. The molecule has 0 fully saturated rings. The first-order chi connectivity index (χ1) is 9.06. The zero-order valence-corrected chi connectivity index (χ0v) is 10.9. The van der Waals surface area contributed by atoms with E-state index < -0.39 is 0 Å². The molecule has 0 aliphatic heterocycles. The summed E-state index contributed by atoms with van der Waals surface area (Å²) < 4.78 is 4.88. The number of nitrogens with one attached hydrogen (secondary N) is 1. The normalized spacial score (nSPS) is 10.4. The van der Waals surface area contributed by atoms with Gasteiger partial charge in [-0.1, -0.05) is 5.16 Å². The molecule has 2 aromatic rings. The van der Waals surface area contributed by atoms with Gasteiger partial charge in [-0.15, -0.1) is 0 Å². The fraction of sp³-hybridized carbons (Fsp3) is 0.308. The molecule has 0 saturated carbocycles. The summed E-state index contributed by atoms with van der Waals surface area (Å²) in [5.74, 6) is 1.19. The van der Waals surface area contributed by atoms with E-state index in [1.807, 2.05) is 6.07 Å². The molecule has 1 aromatic heterocycles. The number of nitrogen functional groups attached to an aromatic ring is 1. The largest absolute Gasteiger partial charge is 0.398 e. The maximum atomic E-state index is 11.3. The Morgan fingerprint density at radius 2 is 2.26 bits per heavy atom. The second kappa shape index (κ2) is 5.51. The SMILES string of the molecule is CC(=O)c1ccc(NCCc2noc(C)n2)cc1N. The molecule has 100 valence electrons. The zero-order valence-electron chi connectivity index (χ0n) is 10.9. The molecule has 6 nitrogen and oxygen atoms in total. The van der Waals surface area contributed by atoms with Crippen molar-refractivity contribution in [3.8, 4) is 0 Å². The summed E-state index contributed by atoms with van der Waals surface area (Å²) in [7, 11) is 0. The number of hydrogen-bond acceptors (Lipinski definition) is 6. The van der Waals surface area contributed by atoms with Crippen LogP contribution in [0.25, 0.3) is 0 Å². The number of anilines is 2. The van der Waals surface area contributed by atoms with Crippen LogP contribution in [-0.4, -0.2) is 22.5 Å². The molecular formula is C13H16N4O2. The molecule has 3 N–H and O–H groups in total. The minimum Gasteiger partial charge on any atom is -0.398 e. The smallest absolute Gasteiger partial charge is 0.223 e. The van der Waals surface area contributed by atoms with E-state index in [0.717, 1.165) is 5.69 Å². The topological polar surface area (TPSA) is 94.0 Å². The van der Waals surface area contributed by atoms with Gasteiger partial charge in [-0.3, -0.25) is 4.79 Å². The van der Waals surface area contributed by atoms with E-state index in [4.69, 9.17) is 10.3 Å². The Kier molecular flexibility index (Phi) is 3.79. The third-order valence-corrected chi connectivity index (χ3v) is 2.68. The number of aryl methyl sites for hydroxylation is 1. The third-order valence-electron chi connectivity index (χ3n) is 2.68. The number of carbonyl (C=O) groups is 1. The van der Waals surface area contributed by atoms with Crippen molar-refractivity contribution in [1.29, 1.82) is 0 Å². The molecule has 0 bridgehead atoms. The number of nitrogens with zero attached hydrogens (tertiary/aromatic N) is 2. The van der Waals surface area contributed by atoms with E-state index in [1.165, 1.54) is 6.92 Å². The molecule has 0 atom stereocenters. The van der Waals surface area contributed by atoms with Crippen molar-refractivity contribution in [2.45, 2.75) is 20.3 Å². The van der Waals surface area contributed by atoms with Crippen molar-refractivity contribution < 1.29 is 9.32 Å². The van der Waals surface area contributed by atoms with Gasteiger partial charge in [0.25, 0.3) is 0 Å². The average Bonchev–Trinajstić information content (AvgIpc) is 2.75. The maximum absolute atomic E-state index is 11.3. The predicted octanol–water partition coefficient (Wildman–Crippen LogP) is 1.82. The molecule has 0 spiro atoms. The highest BCUT2D eigenvalue weighted by Crippen LogP contribution is 2.18. The number of benzene rings is 1. The highest BCUT2D eigenvalue weighted by Gasteiger charge is 2.06. The van der Waals surface area contributed by atoms with Crippen molar-refractivity contribution in [3.63, 3.8) is 0 Å². The summed E-state index contributed by atoms with van der Waals surface area (Å²) in [6.07, 6.45) is 0.658. The number of Topliss-reactive ketones (excluding diaryl/α,β-unsaturated/α-hetero) is 1. The summed E-state index contributed by atoms with van der Waals surface area (Å²) in [6.45, 7) is 3.92. The second-order valence-electron chi connectivity index (χ2n) is 4.26. The number of rotatable bonds is 5. The van der Waals surface area contributed by atoms with Crippen molar-refractivity contribution in [2.24, 2.45) is 0 Å². The Morgan fingerprint density at radius 3 is 2.84 bits per heavy atom. The lowest BCUT2D eigenvalue weighted by atomic mass is 10.1. The molecule has 0 aliphatic carbocycles. The van der Waals surface area contributed by atoms with Crippen LogP contribution in [0, 0.1) is 6.92 Å². The fourth-order valence-corrected chi connectivity index (χ4v) is 1.75. The maximum Gasteiger partial charge on any atom is 0.223 e. The summed E-state index contributed by atoms with van der Waals surface area (Å²) in [6, 6.07) is 5.30. The number of hydrogen-bond donors (Lipinski definition) is 2. The monoisotopic (exact) mass is 260 g/mol. The Labute approximate surface area is 111 Å². The van der Waals surface area contributed by atoms with Crippen LogP contribution in [0.4, 0.5) is 11.4 Å². The Balaban J connectivity index is 1.93. The molecule has 0 unspecified atom stereocenters. The number of nitrogens with two attached hydrogens (primary N) is 1. The van der Waals surface area contributed by atoms with Crippen LogP contribution in [0.1, 0.15) is 29.0 Å². The number of carbonyl (C=O) groups excluding carboxylic acids is 1. The van der Waals surface area contributed by atoms with Crippen LogP contribution in [0.2, 0.25) is 0 Å². The van der Waals surface area contributed by atoms with Crippen molar-refractivity contribution >= 4 is 17.2 Å². The molecule has 1 heterocycles. The number of aromatic nitrogens is 2. The Morgan fingerprint density at radius 1 is 1.47 bits per heavy atom. The van der Waals surface area contributed by atoms with E-state index in [0.29, 0.717) is 35.9 Å². The second-order valence-corrected chi connectivity index (χ2v) is 4.26. The van der Waals surface area contributed by atoms with E-state index in [1.54, 1.807) is 19.1 Å². The van der Waals surface area contributed by atoms with Gasteiger partial charge < -0.3 is 15.6 Å². The molecule has 19 heavy (non-hydrogen) atoms. The highest BCUT2D eigenvalue weighted by molar-refractivity contribution is 5.99. The van der Waals surface area contributed by atoms with E-state index in [9.17, 15) is 4.79 Å². The van der Waals surface area contributed by atoms with Crippen LogP contribution in [-0.2, 0) is 6.42 Å². The minimum absolute atomic E-state index is 0.0358. The lowest BCUT2D eigenvalue weighted by molar-refractivity contribution is 0.101. The first-order valence-electron chi connectivity index (χ1n) is 6.00. The van der Waals surface area contributed by atoms with Gasteiger partial charge in [0.2, 0.25) is 5.89 Å². The van der Waals surface area contributed by atoms with Crippen LogP contribution < -0.4 is 11.1 Å². The van der Waals surface area contributed by atoms with Gasteiger partial charge in [-0.25, -0.2) is 0 Å². The van der Waals surface area contributed by atoms with Crippen molar-refractivity contribution in [3.05, 3.63) is 35.5 Å². The van der Waals surface area contributed by atoms with Gasteiger partial charge in [-0.2, -0.15) is 4.98 Å². The van der Waals surface area contributed by atoms with Gasteiger partial charge in [0, 0.05) is 36.8 Å². The molecule has 6 heteroatoms. The lowest BCUT2D eigenvalue weighted by Gasteiger charge is -2.08.